The summed E-state index contributed by atoms with van der Waals surface area (Å²) in [6.07, 6.45) is 1.03. The van der Waals surface area contributed by atoms with E-state index >= 15 is 0 Å². The number of hydrogen-bond donors (Lipinski definition) is 0. The first-order valence-corrected chi connectivity index (χ1v) is 8.45. The number of benzene rings is 1. The van der Waals surface area contributed by atoms with E-state index in [1.165, 1.54) is 27.8 Å². The van der Waals surface area contributed by atoms with Gasteiger partial charge in [0, 0.05) is 0 Å². The predicted molar refractivity (Wildman–Crippen MR) is 98.4 cm³/mol. The van der Waals surface area contributed by atoms with Gasteiger partial charge in [0.2, 0.25) is 0 Å². The molecular formula is C22H24O. The summed E-state index contributed by atoms with van der Waals surface area (Å²) in [4.78, 5) is 0. The van der Waals surface area contributed by atoms with Gasteiger partial charge in [0.05, 0.1) is 6.61 Å². The fraction of sp³-hybridized carbons (Fsp3) is 0.273. The summed E-state index contributed by atoms with van der Waals surface area (Å²) in [6.45, 7) is 7.36. The van der Waals surface area contributed by atoms with Crippen molar-refractivity contribution in [3.63, 3.8) is 0 Å². The predicted octanol–water partition coefficient (Wildman–Crippen LogP) is 6.37. The molecule has 118 valence electrons. The SMILES string of the molecule is CCCOc1ccc(-c2ccc3cc(C(C)C)cccc2-3)cc1. The van der Waals surface area contributed by atoms with Gasteiger partial charge in [0.25, 0.3) is 0 Å². The fourth-order valence-corrected chi connectivity index (χ4v) is 2.86. The first-order valence-electron chi connectivity index (χ1n) is 8.45. The Kier molecular flexibility index (Phi) is 4.66. The van der Waals surface area contributed by atoms with Crippen LogP contribution < -0.4 is 4.74 Å². The molecule has 0 radical (unpaired) electrons. The Bertz CT molecular complexity index is 740. The van der Waals surface area contributed by atoms with E-state index in [1.807, 2.05) is 0 Å². The fourth-order valence-electron chi connectivity index (χ4n) is 2.86. The second kappa shape index (κ2) is 6.87. The second-order valence-corrected chi connectivity index (χ2v) is 6.31. The van der Waals surface area contributed by atoms with E-state index in [-0.39, 0.29) is 0 Å². The molecule has 0 amide bonds. The molecule has 3 rings (SSSR count). The van der Waals surface area contributed by atoms with Crippen molar-refractivity contribution >= 4 is 0 Å². The van der Waals surface area contributed by atoms with Gasteiger partial charge in [-0.1, -0.05) is 69.3 Å². The van der Waals surface area contributed by atoms with Crippen LogP contribution in [0.5, 0.6) is 5.75 Å². The van der Waals surface area contributed by atoms with Crippen LogP contribution in [0.25, 0.3) is 22.3 Å². The van der Waals surface area contributed by atoms with Crippen LogP contribution in [-0.4, -0.2) is 6.61 Å². The highest BCUT2D eigenvalue weighted by molar-refractivity contribution is 5.86. The lowest BCUT2D eigenvalue weighted by molar-refractivity contribution is 0.317. The number of hydrogen-bond acceptors (Lipinski definition) is 1. The van der Waals surface area contributed by atoms with Gasteiger partial charge < -0.3 is 4.74 Å². The Labute approximate surface area is 139 Å². The van der Waals surface area contributed by atoms with Crippen LogP contribution >= 0.6 is 0 Å². The van der Waals surface area contributed by atoms with Crippen molar-refractivity contribution in [3.8, 4) is 28.0 Å². The smallest absolute Gasteiger partial charge is 0.119 e. The molecule has 0 bridgehead atoms. The van der Waals surface area contributed by atoms with Crippen molar-refractivity contribution in [3.05, 3.63) is 66.2 Å². The van der Waals surface area contributed by atoms with Gasteiger partial charge in [-0.3, -0.25) is 0 Å². The Morgan fingerprint density at radius 3 is 2.22 bits per heavy atom. The van der Waals surface area contributed by atoms with Crippen molar-refractivity contribution < 1.29 is 4.74 Å². The highest BCUT2D eigenvalue weighted by Gasteiger charge is 2.11. The molecule has 1 aromatic rings. The van der Waals surface area contributed by atoms with Crippen LogP contribution in [0.15, 0.2) is 60.7 Å². The van der Waals surface area contributed by atoms with Crippen LogP contribution in [0.4, 0.5) is 0 Å². The summed E-state index contributed by atoms with van der Waals surface area (Å²) in [7, 11) is 0. The molecule has 23 heavy (non-hydrogen) atoms. The molecule has 0 heterocycles. The van der Waals surface area contributed by atoms with E-state index in [0.717, 1.165) is 18.8 Å². The average molecular weight is 304 g/mol. The summed E-state index contributed by atoms with van der Waals surface area (Å²) in [5, 5.41) is 0. The van der Waals surface area contributed by atoms with E-state index in [0.29, 0.717) is 5.92 Å². The molecule has 0 atom stereocenters. The topological polar surface area (TPSA) is 9.23 Å². The van der Waals surface area contributed by atoms with Gasteiger partial charge in [-0.25, -0.2) is 0 Å². The van der Waals surface area contributed by atoms with Gasteiger partial charge in [-0.2, -0.15) is 0 Å². The van der Waals surface area contributed by atoms with E-state index < -0.39 is 0 Å². The first kappa shape index (κ1) is 15.6. The Hall–Kier alpha value is -2.28. The summed E-state index contributed by atoms with van der Waals surface area (Å²) in [5.74, 6) is 1.48. The maximum Gasteiger partial charge on any atom is 0.119 e. The average Bonchev–Trinajstić information content (AvgIpc) is 2.82. The Balaban J connectivity index is 1.93. The van der Waals surface area contributed by atoms with Crippen molar-refractivity contribution in [1.82, 2.24) is 0 Å². The number of rotatable bonds is 5. The molecule has 2 aliphatic rings. The van der Waals surface area contributed by atoms with Gasteiger partial charge in [0.15, 0.2) is 0 Å². The van der Waals surface area contributed by atoms with Crippen molar-refractivity contribution in [2.75, 3.05) is 6.61 Å². The summed E-state index contributed by atoms with van der Waals surface area (Å²) >= 11 is 0. The molecule has 0 N–H and O–H groups in total. The third-order valence-corrected chi connectivity index (χ3v) is 4.21. The summed E-state index contributed by atoms with van der Waals surface area (Å²) < 4.78 is 5.67. The highest BCUT2D eigenvalue weighted by Crippen LogP contribution is 2.36. The molecular weight excluding hydrogens is 280 g/mol. The maximum absolute atomic E-state index is 5.67. The normalized spacial score (nSPS) is 11.1. The Morgan fingerprint density at radius 1 is 0.826 bits per heavy atom. The minimum absolute atomic E-state index is 0.541. The van der Waals surface area contributed by atoms with Crippen molar-refractivity contribution in [2.45, 2.75) is 33.1 Å². The molecule has 0 saturated carbocycles. The second-order valence-electron chi connectivity index (χ2n) is 6.31. The lowest BCUT2D eigenvalue weighted by Crippen LogP contribution is -1.94. The zero-order valence-electron chi connectivity index (χ0n) is 14.2. The lowest BCUT2D eigenvalue weighted by atomic mass is 10.0. The molecule has 0 unspecified atom stereocenters. The molecule has 0 fully saturated rings. The number of fused-ring (bicyclic) bond motifs is 1. The Morgan fingerprint density at radius 2 is 1.52 bits per heavy atom. The van der Waals surface area contributed by atoms with E-state index in [9.17, 15) is 0 Å². The quantitative estimate of drug-likeness (QED) is 0.532. The summed E-state index contributed by atoms with van der Waals surface area (Å²) in [5.41, 5.74) is 6.51. The first-order chi connectivity index (χ1) is 11.2. The maximum atomic E-state index is 5.67. The van der Waals surface area contributed by atoms with Gasteiger partial charge in [-0.05, 0) is 52.3 Å². The largest absolute Gasteiger partial charge is 0.494 e. The highest BCUT2D eigenvalue weighted by atomic mass is 16.5. The molecule has 1 aromatic carbocycles. The molecule has 1 nitrogen and oxygen atoms in total. The zero-order chi connectivity index (χ0) is 16.2. The van der Waals surface area contributed by atoms with Crippen molar-refractivity contribution in [1.29, 1.82) is 0 Å². The molecule has 0 aromatic heterocycles. The van der Waals surface area contributed by atoms with Gasteiger partial charge in [0.1, 0.15) is 5.75 Å². The van der Waals surface area contributed by atoms with Crippen molar-refractivity contribution in [2.24, 2.45) is 0 Å². The third-order valence-electron chi connectivity index (χ3n) is 4.21. The van der Waals surface area contributed by atoms with E-state index in [2.05, 4.69) is 81.4 Å². The van der Waals surface area contributed by atoms with Gasteiger partial charge >= 0.3 is 0 Å². The minimum atomic E-state index is 0.541. The molecule has 0 saturated heterocycles. The zero-order valence-corrected chi connectivity index (χ0v) is 14.2. The third kappa shape index (κ3) is 3.39. The van der Waals surface area contributed by atoms with Crippen LogP contribution in [0, 0.1) is 0 Å². The van der Waals surface area contributed by atoms with Crippen LogP contribution in [0.3, 0.4) is 0 Å². The lowest BCUT2D eigenvalue weighted by Gasteiger charge is -2.07. The standard InChI is InChI=1S/C22H24O/c1-4-14-23-20-11-8-17(9-12-20)22-13-10-19-15-18(16(2)3)6-5-7-21(19)22/h5-13,15-16H,4,14H2,1-3H3. The van der Waals surface area contributed by atoms with Crippen LogP contribution in [0.2, 0.25) is 0 Å². The van der Waals surface area contributed by atoms with E-state index in [1.54, 1.807) is 0 Å². The van der Waals surface area contributed by atoms with Crippen LogP contribution in [0.1, 0.15) is 38.7 Å². The van der Waals surface area contributed by atoms with Gasteiger partial charge in [-0.15, -0.1) is 0 Å². The minimum Gasteiger partial charge on any atom is -0.494 e. The molecule has 0 spiro atoms. The molecule has 2 aliphatic carbocycles. The monoisotopic (exact) mass is 304 g/mol. The summed E-state index contributed by atoms with van der Waals surface area (Å²) in [6, 6.07) is 21.8. The van der Waals surface area contributed by atoms with E-state index in [4.69, 9.17) is 4.74 Å². The number of ether oxygens (including phenoxy) is 1. The molecule has 0 aliphatic heterocycles. The van der Waals surface area contributed by atoms with Crippen LogP contribution in [-0.2, 0) is 0 Å². The molecule has 1 heteroatoms.